The third-order valence-corrected chi connectivity index (χ3v) is 8.90. The van der Waals surface area contributed by atoms with Gasteiger partial charge in [0.1, 0.15) is 0 Å². The highest BCUT2D eigenvalue weighted by Gasteiger charge is 2.62. The van der Waals surface area contributed by atoms with Crippen LogP contribution in [0.15, 0.2) is 40.3 Å². The Kier molecular flexibility index (Phi) is 4.33. The summed E-state index contributed by atoms with van der Waals surface area (Å²) in [6.07, 6.45) is 3.02. The Morgan fingerprint density at radius 3 is 2.29 bits per heavy atom. The van der Waals surface area contributed by atoms with Gasteiger partial charge in [-0.15, -0.1) is 0 Å². The van der Waals surface area contributed by atoms with Crippen molar-refractivity contribution in [3.05, 3.63) is 41.0 Å². The predicted molar refractivity (Wildman–Crippen MR) is 109 cm³/mol. The molecule has 1 aromatic carbocycles. The first kappa shape index (κ1) is 19.6. The normalized spacial score (nSPS) is 29.1. The first-order valence-corrected chi connectivity index (χ1v) is 11.4. The van der Waals surface area contributed by atoms with Crippen LogP contribution in [0, 0.1) is 23.7 Å². The number of aryl methyl sites for hydroxylation is 1. The molecule has 4 rings (SSSR count). The SMILES string of the molecule is CC1=C2CN(S(=O)(=O)c3ccc(C)cc3)C[C@@]2(C)CC2(CC2)[C@H]1C(=O)N(C)C. The maximum absolute atomic E-state index is 13.3. The molecule has 2 aliphatic carbocycles. The first-order chi connectivity index (χ1) is 13.0. The monoisotopic (exact) mass is 402 g/mol. The molecule has 2 fully saturated rings. The maximum atomic E-state index is 13.3. The maximum Gasteiger partial charge on any atom is 0.243 e. The van der Waals surface area contributed by atoms with Crippen molar-refractivity contribution in [3.8, 4) is 0 Å². The molecule has 1 aromatic rings. The second kappa shape index (κ2) is 6.17. The summed E-state index contributed by atoms with van der Waals surface area (Å²) in [5.74, 6) is 0.0528. The van der Waals surface area contributed by atoms with Crippen LogP contribution < -0.4 is 0 Å². The number of fused-ring (bicyclic) bond motifs is 1. The van der Waals surface area contributed by atoms with Crippen molar-refractivity contribution in [2.45, 2.75) is 44.9 Å². The summed E-state index contributed by atoms with van der Waals surface area (Å²) in [7, 11) is 0.0826. The van der Waals surface area contributed by atoms with Gasteiger partial charge in [0.05, 0.1) is 10.8 Å². The van der Waals surface area contributed by atoms with E-state index in [0.717, 1.165) is 36.0 Å². The second-order valence-electron chi connectivity index (χ2n) is 9.51. The molecule has 6 heteroatoms. The van der Waals surface area contributed by atoms with Gasteiger partial charge in [-0.2, -0.15) is 4.31 Å². The smallest absolute Gasteiger partial charge is 0.243 e. The Morgan fingerprint density at radius 1 is 1.14 bits per heavy atom. The van der Waals surface area contributed by atoms with Crippen molar-refractivity contribution in [3.63, 3.8) is 0 Å². The number of hydrogen-bond acceptors (Lipinski definition) is 3. The van der Waals surface area contributed by atoms with Crippen molar-refractivity contribution in [2.75, 3.05) is 27.2 Å². The third kappa shape index (κ3) is 2.84. The summed E-state index contributed by atoms with van der Waals surface area (Å²) in [5.41, 5.74) is 3.14. The average molecular weight is 403 g/mol. The zero-order valence-electron chi connectivity index (χ0n) is 17.4. The van der Waals surface area contributed by atoms with Crippen LogP contribution in [-0.2, 0) is 14.8 Å². The van der Waals surface area contributed by atoms with E-state index >= 15 is 0 Å². The van der Waals surface area contributed by atoms with E-state index in [9.17, 15) is 13.2 Å². The molecule has 28 heavy (non-hydrogen) atoms. The lowest BCUT2D eigenvalue weighted by Gasteiger charge is -2.42. The van der Waals surface area contributed by atoms with E-state index in [4.69, 9.17) is 0 Å². The molecule has 3 aliphatic rings. The van der Waals surface area contributed by atoms with Gasteiger partial charge < -0.3 is 4.90 Å². The lowest BCUT2D eigenvalue weighted by molar-refractivity contribution is -0.134. The van der Waals surface area contributed by atoms with Crippen LogP contribution in [0.25, 0.3) is 0 Å². The Balaban J connectivity index is 1.72. The van der Waals surface area contributed by atoms with Gasteiger partial charge in [-0.1, -0.05) is 30.2 Å². The molecule has 152 valence electrons. The molecule has 1 spiro atoms. The lowest BCUT2D eigenvalue weighted by Crippen LogP contribution is -2.43. The fourth-order valence-corrected chi connectivity index (χ4v) is 7.08. The van der Waals surface area contributed by atoms with Gasteiger partial charge in [0, 0.05) is 32.6 Å². The number of hydrogen-bond donors (Lipinski definition) is 0. The van der Waals surface area contributed by atoms with Gasteiger partial charge >= 0.3 is 0 Å². The van der Waals surface area contributed by atoms with Crippen LogP contribution in [0.3, 0.4) is 0 Å². The highest BCUT2D eigenvalue weighted by molar-refractivity contribution is 7.89. The highest BCUT2D eigenvalue weighted by atomic mass is 32.2. The first-order valence-electron chi connectivity index (χ1n) is 9.98. The summed E-state index contributed by atoms with van der Waals surface area (Å²) in [5, 5.41) is 0. The number of carbonyl (C=O) groups excluding carboxylic acids is 1. The molecule has 0 aromatic heterocycles. The van der Waals surface area contributed by atoms with Crippen LogP contribution in [0.1, 0.15) is 38.7 Å². The van der Waals surface area contributed by atoms with Crippen molar-refractivity contribution in [2.24, 2.45) is 16.7 Å². The molecule has 1 amide bonds. The number of rotatable bonds is 3. The van der Waals surface area contributed by atoms with E-state index in [-0.39, 0.29) is 22.7 Å². The molecule has 2 atom stereocenters. The minimum absolute atomic E-state index is 0.0211. The van der Waals surface area contributed by atoms with E-state index in [1.54, 1.807) is 21.3 Å². The number of carbonyl (C=O) groups is 1. The number of nitrogens with zero attached hydrogens (tertiary/aromatic N) is 2. The third-order valence-electron chi connectivity index (χ3n) is 7.09. The largest absolute Gasteiger partial charge is 0.348 e. The second-order valence-corrected chi connectivity index (χ2v) is 11.5. The van der Waals surface area contributed by atoms with E-state index in [2.05, 4.69) is 13.8 Å². The Bertz CT molecular complexity index is 958. The molecule has 1 heterocycles. The number of sulfonamides is 1. The lowest BCUT2D eigenvalue weighted by atomic mass is 9.62. The topological polar surface area (TPSA) is 57.7 Å². The van der Waals surface area contributed by atoms with Gasteiger partial charge in [0.2, 0.25) is 15.9 Å². The van der Waals surface area contributed by atoms with E-state index in [1.807, 2.05) is 33.2 Å². The van der Waals surface area contributed by atoms with Crippen molar-refractivity contribution >= 4 is 15.9 Å². The fourth-order valence-electron chi connectivity index (χ4n) is 5.54. The molecule has 5 nitrogen and oxygen atoms in total. The molecule has 0 bridgehead atoms. The van der Waals surface area contributed by atoms with Gasteiger partial charge in [0.25, 0.3) is 0 Å². The standard InChI is InChI=1S/C22H30N2O3S/c1-15-6-8-17(9-7-15)28(26,27)24-12-18-16(2)19(20(25)23(4)5)22(10-11-22)13-21(18,3)14-24/h6-9,19H,10-14H2,1-5H3/t19-,21-/m1/s1. The minimum atomic E-state index is -3.54. The molecule has 1 aliphatic heterocycles. The molecular formula is C22H30N2O3S. The summed E-state index contributed by atoms with van der Waals surface area (Å²) in [6.45, 7) is 7.09. The van der Waals surface area contributed by atoms with Crippen LogP contribution in [0.5, 0.6) is 0 Å². The molecular weight excluding hydrogens is 372 g/mol. The molecule has 0 unspecified atom stereocenters. The van der Waals surface area contributed by atoms with E-state index in [0.29, 0.717) is 18.0 Å². The van der Waals surface area contributed by atoms with Gasteiger partial charge in [0.15, 0.2) is 0 Å². The van der Waals surface area contributed by atoms with Crippen LogP contribution in [-0.4, -0.2) is 50.7 Å². The predicted octanol–water partition coefficient (Wildman–Crippen LogP) is 3.21. The summed E-state index contributed by atoms with van der Waals surface area (Å²) >= 11 is 0. The van der Waals surface area contributed by atoms with Crippen molar-refractivity contribution in [1.82, 2.24) is 9.21 Å². The molecule has 1 saturated carbocycles. The van der Waals surface area contributed by atoms with Gasteiger partial charge in [-0.05, 0) is 56.2 Å². The van der Waals surface area contributed by atoms with Crippen LogP contribution >= 0.6 is 0 Å². The fraction of sp³-hybridized carbons (Fsp3) is 0.591. The minimum Gasteiger partial charge on any atom is -0.348 e. The summed E-state index contributed by atoms with van der Waals surface area (Å²) in [4.78, 5) is 15.0. The van der Waals surface area contributed by atoms with Crippen LogP contribution in [0.4, 0.5) is 0 Å². The quantitative estimate of drug-likeness (QED) is 0.730. The molecule has 0 radical (unpaired) electrons. The van der Waals surface area contributed by atoms with Crippen molar-refractivity contribution in [1.29, 1.82) is 0 Å². The molecule has 1 saturated heterocycles. The molecule has 0 N–H and O–H groups in total. The average Bonchev–Trinajstić information content (AvgIpc) is 3.26. The summed E-state index contributed by atoms with van der Waals surface area (Å²) in [6, 6.07) is 7.06. The Labute approximate surface area is 168 Å². The Morgan fingerprint density at radius 2 is 1.75 bits per heavy atom. The van der Waals surface area contributed by atoms with Crippen LogP contribution in [0.2, 0.25) is 0 Å². The number of amides is 1. The van der Waals surface area contributed by atoms with E-state index in [1.165, 1.54) is 0 Å². The van der Waals surface area contributed by atoms with Crippen molar-refractivity contribution < 1.29 is 13.2 Å². The van der Waals surface area contributed by atoms with E-state index < -0.39 is 10.0 Å². The zero-order valence-corrected chi connectivity index (χ0v) is 18.3. The van der Waals surface area contributed by atoms with Gasteiger partial charge in [-0.25, -0.2) is 8.42 Å². The number of benzene rings is 1. The zero-order chi connectivity index (χ0) is 20.5. The Hall–Kier alpha value is -1.66. The van der Waals surface area contributed by atoms with Gasteiger partial charge in [-0.3, -0.25) is 4.79 Å². The highest BCUT2D eigenvalue weighted by Crippen LogP contribution is 2.66. The summed E-state index contributed by atoms with van der Waals surface area (Å²) < 4.78 is 28.2.